The van der Waals surface area contributed by atoms with Crippen molar-refractivity contribution in [3.8, 4) is 22.7 Å². The zero-order chi connectivity index (χ0) is 26.6. The van der Waals surface area contributed by atoms with Crippen molar-refractivity contribution in [2.24, 2.45) is 11.8 Å². The maximum Gasteiger partial charge on any atom is 0.250 e. The Kier molecular flexibility index (Phi) is 6.64. The molecule has 38 heavy (non-hydrogen) atoms. The number of hydrogen-bond donors (Lipinski definition) is 0. The molecular weight excluding hydrogens is 570 g/mol. The van der Waals surface area contributed by atoms with E-state index in [0.29, 0.717) is 46.4 Å². The van der Waals surface area contributed by atoms with Crippen molar-refractivity contribution in [3.63, 3.8) is 0 Å². The monoisotopic (exact) mass is 599 g/mol. The average Bonchev–Trinajstić information content (AvgIpc) is 3.58. The normalized spacial score (nSPS) is 19.4. The molecule has 0 amide bonds. The molecule has 0 bridgehead atoms. The van der Waals surface area contributed by atoms with Crippen molar-refractivity contribution in [3.05, 3.63) is 46.3 Å². The van der Waals surface area contributed by atoms with Crippen LogP contribution in [-0.2, 0) is 21.0 Å². The smallest absolute Gasteiger partial charge is 0.250 e. The summed E-state index contributed by atoms with van der Waals surface area (Å²) in [4.78, 5) is 10.2. The molecule has 11 heteroatoms. The average molecular weight is 601 g/mol. The largest absolute Gasteiger partial charge is 0.421 e. The maximum absolute atomic E-state index is 13.8. The van der Waals surface area contributed by atoms with E-state index >= 15 is 0 Å². The zero-order valence-electron chi connectivity index (χ0n) is 21.6. The SMILES string of the molecule is Cc1nnc(-c2c(CCC3CCOCC3)nc3c(c2-c2cn4c(Br)cccc4n2)S(=O)(=O)CC3C(C)C)o1. The van der Waals surface area contributed by atoms with Crippen LogP contribution in [0.4, 0.5) is 0 Å². The topological polar surface area (TPSA) is 112 Å². The van der Waals surface area contributed by atoms with E-state index in [4.69, 9.17) is 19.1 Å². The number of nitrogens with zero attached hydrogens (tertiary/aromatic N) is 5. The number of aryl methyl sites for hydroxylation is 2. The fraction of sp³-hybridized carbons (Fsp3) is 0.481. The van der Waals surface area contributed by atoms with Gasteiger partial charge in [-0.15, -0.1) is 10.2 Å². The van der Waals surface area contributed by atoms with Gasteiger partial charge in [0, 0.05) is 37.8 Å². The highest BCUT2D eigenvalue weighted by molar-refractivity contribution is 9.10. The van der Waals surface area contributed by atoms with Gasteiger partial charge in [-0.2, -0.15) is 0 Å². The Balaban J connectivity index is 1.64. The first-order valence-electron chi connectivity index (χ1n) is 13.0. The highest BCUT2D eigenvalue weighted by Crippen LogP contribution is 2.48. The molecule has 6 heterocycles. The fourth-order valence-electron chi connectivity index (χ4n) is 5.64. The number of sulfone groups is 1. The molecule has 0 spiro atoms. The number of hydrogen-bond acceptors (Lipinski definition) is 8. The van der Waals surface area contributed by atoms with Gasteiger partial charge in [0.15, 0.2) is 9.84 Å². The lowest BCUT2D eigenvalue weighted by Crippen LogP contribution is -2.17. The van der Waals surface area contributed by atoms with E-state index in [1.807, 2.05) is 28.8 Å². The number of ether oxygens (including phenoxy) is 1. The van der Waals surface area contributed by atoms with Crippen LogP contribution in [0.3, 0.4) is 0 Å². The van der Waals surface area contributed by atoms with Gasteiger partial charge in [-0.25, -0.2) is 13.4 Å². The Hall–Kier alpha value is -2.63. The molecule has 0 aromatic carbocycles. The number of fused-ring (bicyclic) bond motifs is 2. The van der Waals surface area contributed by atoms with Crippen molar-refractivity contribution in [1.82, 2.24) is 24.6 Å². The highest BCUT2D eigenvalue weighted by Gasteiger charge is 2.43. The number of pyridine rings is 2. The van der Waals surface area contributed by atoms with Crippen molar-refractivity contribution in [1.29, 1.82) is 0 Å². The molecule has 1 saturated heterocycles. The second-order valence-electron chi connectivity index (χ2n) is 10.6. The van der Waals surface area contributed by atoms with Crippen LogP contribution in [0.15, 0.2) is 38.3 Å². The summed E-state index contributed by atoms with van der Waals surface area (Å²) in [6.45, 7) is 7.37. The molecule has 0 aliphatic carbocycles. The molecule has 2 aliphatic heterocycles. The van der Waals surface area contributed by atoms with Gasteiger partial charge >= 0.3 is 0 Å². The van der Waals surface area contributed by atoms with Crippen molar-refractivity contribution >= 4 is 31.4 Å². The Morgan fingerprint density at radius 2 is 1.92 bits per heavy atom. The minimum absolute atomic E-state index is 0.0305. The Bertz CT molecular complexity index is 1620. The Morgan fingerprint density at radius 1 is 1.13 bits per heavy atom. The first-order valence-corrected chi connectivity index (χ1v) is 15.5. The van der Waals surface area contributed by atoms with Gasteiger partial charge in [-0.05, 0) is 65.6 Å². The molecule has 0 radical (unpaired) electrons. The van der Waals surface area contributed by atoms with Crippen LogP contribution in [0.2, 0.25) is 0 Å². The fourth-order valence-corrected chi connectivity index (χ4v) is 8.29. The summed E-state index contributed by atoms with van der Waals surface area (Å²) in [6, 6.07) is 5.71. The van der Waals surface area contributed by atoms with Gasteiger partial charge in [0.05, 0.1) is 37.9 Å². The first-order chi connectivity index (χ1) is 18.2. The van der Waals surface area contributed by atoms with E-state index < -0.39 is 9.84 Å². The summed E-state index contributed by atoms with van der Waals surface area (Å²) < 4.78 is 41.8. The standard InChI is InChI=1S/C27H30BrN5O4S/c1-15(2)18-14-38(34,35)26-23(20-13-33-21(28)5-4-6-22(33)29-20)24(27-32-31-16(3)37-27)19(30-25(18)26)8-7-17-9-11-36-12-10-17/h4-6,13,15,17-18H,7-12,14H2,1-3H3. The molecule has 4 aromatic heterocycles. The summed E-state index contributed by atoms with van der Waals surface area (Å²) >= 11 is 3.59. The van der Waals surface area contributed by atoms with E-state index in [-0.39, 0.29) is 28.4 Å². The predicted molar refractivity (Wildman–Crippen MR) is 146 cm³/mol. The van der Waals surface area contributed by atoms with Gasteiger partial charge in [-0.1, -0.05) is 19.9 Å². The maximum atomic E-state index is 13.8. The summed E-state index contributed by atoms with van der Waals surface area (Å²) in [5.41, 5.74) is 3.75. The summed E-state index contributed by atoms with van der Waals surface area (Å²) in [5.74, 6) is 1.15. The zero-order valence-corrected chi connectivity index (χ0v) is 24.0. The van der Waals surface area contributed by atoms with Crippen LogP contribution in [0.1, 0.15) is 56.3 Å². The van der Waals surface area contributed by atoms with Crippen LogP contribution >= 0.6 is 15.9 Å². The molecule has 1 atom stereocenters. The van der Waals surface area contributed by atoms with Crippen LogP contribution < -0.4 is 0 Å². The molecule has 9 nitrogen and oxygen atoms in total. The minimum Gasteiger partial charge on any atom is -0.421 e. The molecule has 1 unspecified atom stereocenters. The minimum atomic E-state index is -3.63. The number of imidazole rings is 1. The molecule has 1 fully saturated rings. The Morgan fingerprint density at radius 3 is 2.61 bits per heavy atom. The van der Waals surface area contributed by atoms with Gasteiger partial charge in [0.1, 0.15) is 5.65 Å². The van der Waals surface area contributed by atoms with E-state index in [0.717, 1.165) is 42.8 Å². The van der Waals surface area contributed by atoms with Crippen LogP contribution in [0.5, 0.6) is 0 Å². The van der Waals surface area contributed by atoms with Crippen molar-refractivity contribution in [2.45, 2.75) is 57.3 Å². The summed E-state index contributed by atoms with van der Waals surface area (Å²) in [6.07, 6.45) is 5.48. The van der Waals surface area contributed by atoms with Crippen LogP contribution in [-0.4, -0.2) is 52.0 Å². The second kappa shape index (κ2) is 9.84. The highest BCUT2D eigenvalue weighted by atomic mass is 79.9. The van der Waals surface area contributed by atoms with E-state index in [9.17, 15) is 8.42 Å². The summed E-state index contributed by atoms with van der Waals surface area (Å²) in [5, 5.41) is 8.42. The number of halogens is 1. The molecule has 2 aliphatic rings. The van der Waals surface area contributed by atoms with Crippen LogP contribution in [0.25, 0.3) is 28.4 Å². The molecule has 200 valence electrons. The second-order valence-corrected chi connectivity index (χ2v) is 13.4. The number of rotatable bonds is 6. The van der Waals surface area contributed by atoms with E-state index in [1.165, 1.54) is 0 Å². The van der Waals surface area contributed by atoms with E-state index in [2.05, 4.69) is 40.0 Å². The van der Waals surface area contributed by atoms with Gasteiger partial charge in [-0.3, -0.25) is 9.38 Å². The Labute approximate surface area is 230 Å². The van der Waals surface area contributed by atoms with E-state index in [1.54, 1.807) is 6.92 Å². The van der Waals surface area contributed by atoms with Crippen LogP contribution in [0, 0.1) is 18.8 Å². The third kappa shape index (κ3) is 4.48. The third-order valence-corrected chi connectivity index (χ3v) is 10.2. The molecule has 0 saturated carbocycles. The first kappa shape index (κ1) is 25.6. The molecule has 0 N–H and O–H groups in total. The predicted octanol–water partition coefficient (Wildman–Crippen LogP) is 5.40. The molecule has 6 rings (SSSR count). The molecular formula is C27H30BrN5O4S. The third-order valence-electron chi connectivity index (χ3n) is 7.69. The summed E-state index contributed by atoms with van der Waals surface area (Å²) in [7, 11) is -3.63. The quantitative estimate of drug-likeness (QED) is 0.271. The van der Waals surface area contributed by atoms with Gasteiger partial charge in [0.25, 0.3) is 0 Å². The lowest BCUT2D eigenvalue weighted by atomic mass is 9.89. The van der Waals surface area contributed by atoms with Gasteiger partial charge < -0.3 is 9.15 Å². The lowest BCUT2D eigenvalue weighted by Gasteiger charge is -2.23. The van der Waals surface area contributed by atoms with Crippen molar-refractivity contribution in [2.75, 3.05) is 19.0 Å². The lowest BCUT2D eigenvalue weighted by molar-refractivity contribution is 0.0639. The van der Waals surface area contributed by atoms with Gasteiger partial charge in [0.2, 0.25) is 11.8 Å². The number of aromatic nitrogens is 5. The van der Waals surface area contributed by atoms with Crippen molar-refractivity contribution < 1.29 is 17.6 Å². The molecule has 4 aromatic rings.